The van der Waals surface area contributed by atoms with Crippen molar-refractivity contribution in [3.05, 3.63) is 81.8 Å². The van der Waals surface area contributed by atoms with E-state index >= 15 is 0 Å². The third kappa shape index (κ3) is 5.22. The number of sulfone groups is 1. The fourth-order valence-corrected chi connectivity index (χ4v) is 4.46. The Kier molecular flexibility index (Phi) is 6.86. The van der Waals surface area contributed by atoms with Crippen LogP contribution in [0, 0.1) is 6.92 Å². The molecule has 0 aromatic heterocycles. The summed E-state index contributed by atoms with van der Waals surface area (Å²) >= 11 is 12.3. The number of carbonyl (C=O) groups excluding carboxylic acids is 1. The third-order valence-electron chi connectivity index (χ3n) is 4.77. The molecule has 0 saturated carbocycles. The van der Waals surface area contributed by atoms with E-state index < -0.39 is 9.84 Å². The van der Waals surface area contributed by atoms with Gasteiger partial charge in [0.1, 0.15) is 0 Å². The van der Waals surface area contributed by atoms with E-state index in [2.05, 4.69) is 5.32 Å². The van der Waals surface area contributed by atoms with Crippen molar-refractivity contribution >= 4 is 44.6 Å². The maximum absolute atomic E-state index is 12.5. The Morgan fingerprint density at radius 2 is 1.63 bits per heavy atom. The zero-order valence-electron chi connectivity index (χ0n) is 16.6. The van der Waals surface area contributed by atoms with Gasteiger partial charge in [0, 0.05) is 21.3 Å². The molecule has 0 aliphatic rings. The molecule has 0 saturated heterocycles. The highest BCUT2D eigenvalue weighted by Crippen LogP contribution is 2.34. The summed E-state index contributed by atoms with van der Waals surface area (Å²) in [5.74, 6) is -0.154. The Morgan fingerprint density at radius 3 is 2.27 bits per heavy atom. The van der Waals surface area contributed by atoms with Crippen LogP contribution in [0.2, 0.25) is 10.0 Å². The largest absolute Gasteiger partial charge is 0.326 e. The van der Waals surface area contributed by atoms with E-state index in [1.54, 1.807) is 31.2 Å². The van der Waals surface area contributed by atoms with Gasteiger partial charge in [-0.05, 0) is 60.0 Å². The first-order valence-corrected chi connectivity index (χ1v) is 11.8. The van der Waals surface area contributed by atoms with Crippen molar-refractivity contribution in [2.75, 3.05) is 11.1 Å². The van der Waals surface area contributed by atoms with Gasteiger partial charge in [-0.2, -0.15) is 0 Å². The maximum Gasteiger partial charge on any atom is 0.228 e. The van der Waals surface area contributed by atoms with Crippen LogP contribution < -0.4 is 5.32 Å². The second-order valence-corrected chi connectivity index (χ2v) is 10.0. The molecular formula is C23H21Cl2NO3S. The first-order chi connectivity index (χ1) is 14.2. The van der Waals surface area contributed by atoms with Gasteiger partial charge in [0.15, 0.2) is 9.84 Å². The molecule has 156 valence electrons. The predicted molar refractivity (Wildman–Crippen MR) is 123 cm³/mol. The molecule has 0 spiro atoms. The van der Waals surface area contributed by atoms with Gasteiger partial charge in [-0.15, -0.1) is 0 Å². The minimum absolute atomic E-state index is 0.0419. The third-order valence-corrected chi connectivity index (χ3v) is 7.07. The Labute approximate surface area is 186 Å². The van der Waals surface area contributed by atoms with E-state index in [1.165, 1.54) is 12.1 Å². The Balaban J connectivity index is 1.76. The number of anilines is 1. The number of hydrogen-bond donors (Lipinski definition) is 1. The predicted octanol–water partition coefficient (Wildman–Crippen LogP) is 5.94. The quantitative estimate of drug-likeness (QED) is 0.493. The van der Waals surface area contributed by atoms with Crippen molar-refractivity contribution in [3.63, 3.8) is 0 Å². The monoisotopic (exact) mass is 461 g/mol. The molecule has 0 atom stereocenters. The van der Waals surface area contributed by atoms with Gasteiger partial charge < -0.3 is 5.32 Å². The summed E-state index contributed by atoms with van der Waals surface area (Å²) in [6, 6.07) is 17.3. The minimum Gasteiger partial charge on any atom is -0.326 e. The van der Waals surface area contributed by atoms with Gasteiger partial charge in [-0.25, -0.2) is 8.42 Å². The Bertz CT molecular complexity index is 1190. The van der Waals surface area contributed by atoms with Crippen molar-refractivity contribution in [1.82, 2.24) is 0 Å². The van der Waals surface area contributed by atoms with E-state index in [0.717, 1.165) is 22.3 Å². The number of aryl methyl sites for hydroxylation is 1. The molecule has 30 heavy (non-hydrogen) atoms. The number of rotatable bonds is 6. The van der Waals surface area contributed by atoms with Crippen molar-refractivity contribution in [1.29, 1.82) is 0 Å². The molecule has 3 aromatic rings. The van der Waals surface area contributed by atoms with Crippen LogP contribution in [0.1, 0.15) is 18.1 Å². The van der Waals surface area contributed by atoms with Crippen LogP contribution in [0.3, 0.4) is 0 Å². The summed E-state index contributed by atoms with van der Waals surface area (Å²) in [4.78, 5) is 12.8. The lowest BCUT2D eigenvalue weighted by atomic mass is 9.99. The normalized spacial score (nSPS) is 11.3. The van der Waals surface area contributed by atoms with Crippen LogP contribution in [-0.2, 0) is 21.1 Å². The summed E-state index contributed by atoms with van der Waals surface area (Å²) < 4.78 is 23.8. The summed E-state index contributed by atoms with van der Waals surface area (Å²) in [6.45, 7) is 3.57. The highest BCUT2D eigenvalue weighted by molar-refractivity contribution is 7.91. The topological polar surface area (TPSA) is 63.2 Å². The molecular weight excluding hydrogens is 441 g/mol. The molecule has 0 aliphatic heterocycles. The van der Waals surface area contributed by atoms with E-state index in [9.17, 15) is 13.2 Å². The highest BCUT2D eigenvalue weighted by atomic mass is 35.5. The molecule has 0 bridgehead atoms. The smallest absolute Gasteiger partial charge is 0.228 e. The van der Waals surface area contributed by atoms with Crippen LogP contribution in [0.4, 0.5) is 5.69 Å². The van der Waals surface area contributed by atoms with Crippen molar-refractivity contribution in [3.8, 4) is 11.1 Å². The molecule has 0 fully saturated rings. The lowest BCUT2D eigenvalue weighted by Crippen LogP contribution is -2.14. The zero-order valence-corrected chi connectivity index (χ0v) is 18.9. The molecule has 3 aromatic carbocycles. The average molecular weight is 462 g/mol. The number of benzene rings is 3. The fraction of sp³-hybridized carbons (Fsp3) is 0.174. The van der Waals surface area contributed by atoms with E-state index in [4.69, 9.17) is 23.2 Å². The number of halogens is 2. The number of amides is 1. The maximum atomic E-state index is 12.5. The fourth-order valence-electron chi connectivity index (χ4n) is 3.07. The highest BCUT2D eigenvalue weighted by Gasteiger charge is 2.13. The number of carbonyl (C=O) groups is 1. The summed E-state index contributed by atoms with van der Waals surface area (Å²) in [5, 5.41) is 3.99. The molecule has 0 unspecified atom stereocenters. The Morgan fingerprint density at radius 1 is 0.933 bits per heavy atom. The van der Waals surface area contributed by atoms with E-state index in [1.807, 2.05) is 31.2 Å². The number of hydrogen-bond acceptors (Lipinski definition) is 3. The van der Waals surface area contributed by atoms with E-state index in [-0.39, 0.29) is 23.0 Å². The molecule has 4 nitrogen and oxygen atoms in total. The van der Waals surface area contributed by atoms with Crippen LogP contribution >= 0.6 is 23.2 Å². The van der Waals surface area contributed by atoms with Crippen molar-refractivity contribution in [2.24, 2.45) is 0 Å². The van der Waals surface area contributed by atoms with Gasteiger partial charge >= 0.3 is 0 Å². The van der Waals surface area contributed by atoms with Gasteiger partial charge in [-0.3, -0.25) is 4.79 Å². The molecule has 0 aliphatic carbocycles. The van der Waals surface area contributed by atoms with Gasteiger partial charge in [0.05, 0.1) is 17.1 Å². The molecule has 3 rings (SSSR count). The summed E-state index contributed by atoms with van der Waals surface area (Å²) in [6.07, 6.45) is 0.136. The second kappa shape index (κ2) is 9.21. The second-order valence-electron chi connectivity index (χ2n) is 6.93. The number of nitrogens with one attached hydrogen (secondary N) is 1. The standard InChI is InChI=1S/C23H21Cl2NO3S/c1-3-30(28,29)19-9-5-16(6-10-19)12-23(27)26-18-8-4-15(2)21(14-18)20-11-7-17(24)13-22(20)25/h4-11,13-14H,3,12H2,1-2H3,(H,26,27). The van der Waals surface area contributed by atoms with Crippen molar-refractivity contribution in [2.45, 2.75) is 25.2 Å². The van der Waals surface area contributed by atoms with Crippen LogP contribution in [0.5, 0.6) is 0 Å². The van der Waals surface area contributed by atoms with Crippen LogP contribution in [-0.4, -0.2) is 20.1 Å². The van der Waals surface area contributed by atoms with Crippen LogP contribution in [0.25, 0.3) is 11.1 Å². The summed E-state index contributed by atoms with van der Waals surface area (Å²) in [7, 11) is -3.25. The van der Waals surface area contributed by atoms with Gasteiger partial charge in [0.25, 0.3) is 0 Å². The zero-order chi connectivity index (χ0) is 21.9. The molecule has 0 radical (unpaired) electrons. The molecule has 1 N–H and O–H groups in total. The first-order valence-electron chi connectivity index (χ1n) is 9.37. The lowest BCUT2D eigenvalue weighted by Gasteiger charge is -2.12. The minimum atomic E-state index is -3.25. The lowest BCUT2D eigenvalue weighted by molar-refractivity contribution is -0.115. The SMILES string of the molecule is CCS(=O)(=O)c1ccc(CC(=O)Nc2ccc(C)c(-c3ccc(Cl)cc3Cl)c2)cc1. The van der Waals surface area contributed by atoms with Crippen molar-refractivity contribution < 1.29 is 13.2 Å². The molecule has 1 amide bonds. The first kappa shape index (κ1) is 22.3. The summed E-state index contributed by atoms with van der Waals surface area (Å²) in [5.41, 5.74) is 4.14. The molecule has 7 heteroatoms. The van der Waals surface area contributed by atoms with Gasteiger partial charge in [-0.1, -0.05) is 54.4 Å². The average Bonchev–Trinajstić information content (AvgIpc) is 2.70. The Hall–Kier alpha value is -2.34. The van der Waals surface area contributed by atoms with Gasteiger partial charge in [0.2, 0.25) is 5.91 Å². The van der Waals surface area contributed by atoms with Crippen LogP contribution in [0.15, 0.2) is 65.6 Å². The molecule has 0 heterocycles. The van der Waals surface area contributed by atoms with E-state index in [0.29, 0.717) is 15.7 Å².